The zero-order chi connectivity index (χ0) is 23.0. The van der Waals surface area contributed by atoms with Gasteiger partial charge in [0.2, 0.25) is 5.91 Å². The number of fused-ring (bicyclic) bond motifs is 1. The summed E-state index contributed by atoms with van der Waals surface area (Å²) in [5.41, 5.74) is 0.399. The molecule has 1 atom stereocenters. The van der Waals surface area contributed by atoms with Crippen molar-refractivity contribution in [1.29, 1.82) is 0 Å². The van der Waals surface area contributed by atoms with Crippen LogP contribution in [0.3, 0.4) is 0 Å². The Hall–Kier alpha value is -3.85. The largest absolute Gasteiger partial charge is 0.324 e. The second kappa shape index (κ2) is 8.35. The Balaban J connectivity index is 1.91. The van der Waals surface area contributed by atoms with Gasteiger partial charge in [0, 0.05) is 23.4 Å². The van der Waals surface area contributed by atoms with E-state index in [2.05, 4.69) is 5.32 Å². The van der Waals surface area contributed by atoms with E-state index in [0.29, 0.717) is 5.56 Å². The molecule has 3 aromatic rings. The Bertz CT molecular complexity index is 1250. The minimum atomic E-state index is -0.997. The van der Waals surface area contributed by atoms with Crippen LogP contribution in [0.1, 0.15) is 27.5 Å². The van der Waals surface area contributed by atoms with E-state index in [-0.39, 0.29) is 27.5 Å². The van der Waals surface area contributed by atoms with Gasteiger partial charge >= 0.3 is 0 Å². The summed E-state index contributed by atoms with van der Waals surface area (Å²) in [6.45, 7) is -0.448. The summed E-state index contributed by atoms with van der Waals surface area (Å²) >= 11 is 6.15. The van der Waals surface area contributed by atoms with Gasteiger partial charge in [-0.15, -0.1) is 0 Å². The highest BCUT2D eigenvalue weighted by Crippen LogP contribution is 2.38. The number of benzene rings is 3. The molecule has 32 heavy (non-hydrogen) atoms. The lowest BCUT2D eigenvalue weighted by atomic mass is 9.95. The SMILES string of the molecule is O=C1CN(C(=O)c2cc([N+](=O)[O-])ccc2Cl)[C@@H](c2ccc(F)cc2)c2cc(F)ccc2N1. The average Bonchev–Trinajstić information content (AvgIpc) is 2.89. The van der Waals surface area contributed by atoms with Gasteiger partial charge in [-0.1, -0.05) is 23.7 Å². The van der Waals surface area contributed by atoms with Crippen molar-refractivity contribution in [3.8, 4) is 0 Å². The van der Waals surface area contributed by atoms with Crippen molar-refractivity contribution < 1.29 is 23.3 Å². The van der Waals surface area contributed by atoms with Crippen molar-refractivity contribution in [3.63, 3.8) is 0 Å². The lowest BCUT2D eigenvalue weighted by Gasteiger charge is -2.31. The van der Waals surface area contributed by atoms with E-state index in [0.717, 1.165) is 23.1 Å². The number of non-ortho nitro benzene ring substituents is 1. The van der Waals surface area contributed by atoms with Crippen LogP contribution in [0.25, 0.3) is 0 Å². The Morgan fingerprint density at radius 2 is 1.75 bits per heavy atom. The monoisotopic (exact) mass is 457 g/mol. The quantitative estimate of drug-likeness (QED) is 0.455. The molecule has 7 nitrogen and oxygen atoms in total. The summed E-state index contributed by atoms with van der Waals surface area (Å²) in [6, 6.07) is 11.3. The number of nitrogens with zero attached hydrogens (tertiary/aromatic N) is 2. The first-order valence-electron chi connectivity index (χ1n) is 9.34. The van der Waals surface area contributed by atoms with Crippen molar-refractivity contribution in [2.45, 2.75) is 6.04 Å². The van der Waals surface area contributed by atoms with Gasteiger partial charge in [0.15, 0.2) is 0 Å². The minimum Gasteiger partial charge on any atom is -0.324 e. The molecule has 0 fully saturated rings. The maximum atomic E-state index is 14.2. The number of nitro benzene ring substituents is 1. The van der Waals surface area contributed by atoms with Crippen molar-refractivity contribution in [2.24, 2.45) is 0 Å². The van der Waals surface area contributed by atoms with Gasteiger partial charge in [-0.25, -0.2) is 8.78 Å². The first-order chi connectivity index (χ1) is 15.2. The number of carbonyl (C=O) groups excluding carboxylic acids is 2. The Labute approximate surface area is 185 Å². The maximum Gasteiger partial charge on any atom is 0.270 e. The van der Waals surface area contributed by atoms with Crippen LogP contribution in [-0.2, 0) is 4.79 Å². The summed E-state index contributed by atoms with van der Waals surface area (Å²) in [7, 11) is 0. The van der Waals surface area contributed by atoms with E-state index >= 15 is 0 Å². The van der Waals surface area contributed by atoms with Gasteiger partial charge in [-0.05, 0) is 42.0 Å². The molecule has 162 valence electrons. The smallest absolute Gasteiger partial charge is 0.270 e. The van der Waals surface area contributed by atoms with Crippen molar-refractivity contribution >= 4 is 34.8 Å². The fourth-order valence-corrected chi connectivity index (χ4v) is 3.81. The summed E-state index contributed by atoms with van der Waals surface area (Å²) < 4.78 is 27.7. The number of hydrogen-bond donors (Lipinski definition) is 1. The van der Waals surface area contributed by atoms with Crippen LogP contribution >= 0.6 is 11.6 Å². The van der Waals surface area contributed by atoms with E-state index in [1.807, 2.05) is 0 Å². The molecule has 0 aliphatic carbocycles. The summed E-state index contributed by atoms with van der Waals surface area (Å²) in [5, 5.41) is 13.8. The standard InChI is InChI=1S/C22H14ClF2N3O4/c23-18-7-6-15(28(31)32)10-16(18)22(30)27-11-20(29)26-19-8-5-14(25)9-17(19)21(27)12-1-3-13(24)4-2-12/h1-10,21H,11H2,(H,26,29)/t21-/m0/s1. The van der Waals surface area contributed by atoms with Gasteiger partial charge in [0.05, 0.1) is 21.6 Å². The fraction of sp³-hybridized carbons (Fsp3) is 0.0909. The highest BCUT2D eigenvalue weighted by molar-refractivity contribution is 6.34. The molecule has 0 bridgehead atoms. The van der Waals surface area contributed by atoms with E-state index in [1.165, 1.54) is 42.5 Å². The number of anilines is 1. The van der Waals surface area contributed by atoms with E-state index in [9.17, 15) is 28.5 Å². The summed E-state index contributed by atoms with van der Waals surface area (Å²) in [4.78, 5) is 37.7. The molecule has 0 saturated heterocycles. The number of nitro groups is 1. The minimum absolute atomic E-state index is 0.0532. The lowest BCUT2D eigenvalue weighted by molar-refractivity contribution is -0.384. The third-order valence-electron chi connectivity index (χ3n) is 5.05. The molecule has 1 aliphatic heterocycles. The van der Waals surface area contributed by atoms with Crippen LogP contribution < -0.4 is 5.32 Å². The molecule has 4 rings (SSSR count). The first kappa shape index (κ1) is 21.4. The fourth-order valence-electron chi connectivity index (χ4n) is 3.62. The number of halogens is 3. The molecule has 0 spiro atoms. The van der Waals surface area contributed by atoms with Gasteiger partial charge in [0.1, 0.15) is 18.2 Å². The third-order valence-corrected chi connectivity index (χ3v) is 5.38. The predicted molar refractivity (Wildman–Crippen MR) is 112 cm³/mol. The molecular formula is C22H14ClF2N3O4. The zero-order valence-corrected chi connectivity index (χ0v) is 17.0. The van der Waals surface area contributed by atoms with Gasteiger partial charge < -0.3 is 10.2 Å². The number of carbonyl (C=O) groups is 2. The zero-order valence-electron chi connectivity index (χ0n) is 16.2. The van der Waals surface area contributed by atoms with Crippen LogP contribution in [-0.4, -0.2) is 28.2 Å². The average molecular weight is 458 g/mol. The number of rotatable bonds is 3. The lowest BCUT2D eigenvalue weighted by Crippen LogP contribution is -2.39. The second-order valence-corrected chi connectivity index (χ2v) is 7.50. The predicted octanol–water partition coefficient (Wildman–Crippen LogP) is 4.71. The number of nitrogens with one attached hydrogen (secondary N) is 1. The molecule has 0 unspecified atom stereocenters. The molecule has 1 heterocycles. The van der Waals surface area contributed by atoms with Crippen LogP contribution in [0, 0.1) is 21.7 Å². The molecule has 0 radical (unpaired) electrons. The molecular weight excluding hydrogens is 444 g/mol. The van der Waals surface area contributed by atoms with E-state index in [4.69, 9.17) is 11.6 Å². The maximum absolute atomic E-state index is 14.2. The van der Waals surface area contributed by atoms with Crippen LogP contribution in [0.4, 0.5) is 20.2 Å². The van der Waals surface area contributed by atoms with Gasteiger partial charge in [0.25, 0.3) is 11.6 Å². The number of amides is 2. The molecule has 1 aliphatic rings. The molecule has 0 saturated carbocycles. The first-order valence-corrected chi connectivity index (χ1v) is 9.72. The Morgan fingerprint density at radius 1 is 1.06 bits per heavy atom. The number of hydrogen-bond acceptors (Lipinski definition) is 4. The van der Waals surface area contributed by atoms with Crippen molar-refractivity contribution in [3.05, 3.63) is 104 Å². The Morgan fingerprint density at radius 3 is 2.44 bits per heavy atom. The normalized spacial score (nSPS) is 15.5. The van der Waals surface area contributed by atoms with Crippen LogP contribution in [0.2, 0.25) is 5.02 Å². The molecule has 3 aromatic carbocycles. The van der Waals surface area contributed by atoms with Crippen LogP contribution in [0.15, 0.2) is 60.7 Å². The summed E-state index contributed by atoms with van der Waals surface area (Å²) in [5.74, 6) is -2.46. The van der Waals surface area contributed by atoms with Crippen molar-refractivity contribution in [1.82, 2.24) is 4.90 Å². The van der Waals surface area contributed by atoms with Gasteiger partial charge in [-0.3, -0.25) is 19.7 Å². The molecule has 10 heteroatoms. The molecule has 2 amide bonds. The molecule has 0 aromatic heterocycles. The molecule has 1 N–H and O–H groups in total. The van der Waals surface area contributed by atoms with Gasteiger partial charge in [-0.2, -0.15) is 0 Å². The highest BCUT2D eigenvalue weighted by Gasteiger charge is 2.35. The van der Waals surface area contributed by atoms with E-state index < -0.39 is 41.0 Å². The third kappa shape index (κ3) is 4.02. The Kier molecular flexibility index (Phi) is 5.58. The highest BCUT2D eigenvalue weighted by atomic mass is 35.5. The second-order valence-electron chi connectivity index (χ2n) is 7.09. The van der Waals surface area contributed by atoms with Crippen molar-refractivity contribution in [2.75, 3.05) is 11.9 Å². The van der Waals surface area contributed by atoms with Crippen LogP contribution in [0.5, 0.6) is 0 Å². The summed E-state index contributed by atoms with van der Waals surface area (Å²) in [6.07, 6.45) is 0. The van der Waals surface area contributed by atoms with E-state index in [1.54, 1.807) is 0 Å². The topological polar surface area (TPSA) is 92.5 Å².